The lowest BCUT2D eigenvalue weighted by Crippen LogP contribution is -2.46. The molecule has 0 fully saturated rings. The summed E-state index contributed by atoms with van der Waals surface area (Å²) in [6, 6.07) is 11.8. The van der Waals surface area contributed by atoms with Crippen LogP contribution in [-0.2, 0) is 4.79 Å². The minimum absolute atomic E-state index is 0.110. The Bertz CT molecular complexity index is 893. The SMILES string of the molecule is CC1=C(C(=O)Nc2ccccc2)C(c2ccc(O)cc2O)NC(=O)N1C. The topological polar surface area (TPSA) is 102 Å². The van der Waals surface area contributed by atoms with E-state index in [1.54, 1.807) is 38.2 Å². The lowest BCUT2D eigenvalue weighted by molar-refractivity contribution is -0.113. The molecule has 1 unspecified atom stereocenters. The van der Waals surface area contributed by atoms with Gasteiger partial charge >= 0.3 is 6.03 Å². The summed E-state index contributed by atoms with van der Waals surface area (Å²) < 4.78 is 0. The number of anilines is 1. The molecule has 1 aliphatic rings. The molecule has 3 amide bonds. The van der Waals surface area contributed by atoms with Gasteiger partial charge in [-0.05, 0) is 31.2 Å². The van der Waals surface area contributed by atoms with Gasteiger partial charge in [-0.15, -0.1) is 0 Å². The molecule has 4 N–H and O–H groups in total. The number of nitrogens with zero attached hydrogens (tertiary/aromatic N) is 1. The Balaban J connectivity index is 2.04. The zero-order chi connectivity index (χ0) is 18.8. The van der Waals surface area contributed by atoms with Crippen LogP contribution < -0.4 is 10.6 Å². The van der Waals surface area contributed by atoms with Crippen molar-refractivity contribution in [1.82, 2.24) is 10.2 Å². The number of carbonyl (C=O) groups excluding carboxylic acids is 2. The number of benzene rings is 2. The second kappa shape index (κ2) is 6.79. The van der Waals surface area contributed by atoms with Gasteiger partial charge in [0.15, 0.2) is 0 Å². The van der Waals surface area contributed by atoms with Crippen LogP contribution >= 0.6 is 0 Å². The molecule has 3 rings (SSSR count). The first-order valence-corrected chi connectivity index (χ1v) is 8.01. The van der Waals surface area contributed by atoms with Crippen LogP contribution in [-0.4, -0.2) is 34.1 Å². The third kappa shape index (κ3) is 3.19. The summed E-state index contributed by atoms with van der Waals surface area (Å²) in [6.45, 7) is 1.67. The van der Waals surface area contributed by atoms with Gasteiger partial charge in [0, 0.05) is 30.1 Å². The van der Waals surface area contributed by atoms with E-state index in [2.05, 4.69) is 10.6 Å². The van der Waals surface area contributed by atoms with Gasteiger partial charge < -0.3 is 25.7 Å². The fourth-order valence-electron chi connectivity index (χ4n) is 2.86. The second-order valence-electron chi connectivity index (χ2n) is 6.00. The van der Waals surface area contributed by atoms with E-state index in [1.807, 2.05) is 6.07 Å². The highest BCUT2D eigenvalue weighted by molar-refractivity contribution is 6.06. The molecule has 0 saturated heterocycles. The smallest absolute Gasteiger partial charge is 0.322 e. The highest BCUT2D eigenvalue weighted by Gasteiger charge is 2.35. The van der Waals surface area contributed by atoms with Crippen LogP contribution in [0.5, 0.6) is 11.5 Å². The van der Waals surface area contributed by atoms with E-state index in [0.717, 1.165) is 0 Å². The third-order valence-corrected chi connectivity index (χ3v) is 4.36. The number of aromatic hydroxyl groups is 2. The molecule has 0 spiro atoms. The van der Waals surface area contributed by atoms with Gasteiger partial charge in [0.2, 0.25) is 0 Å². The van der Waals surface area contributed by atoms with Crippen molar-refractivity contribution in [2.24, 2.45) is 0 Å². The molecule has 1 atom stereocenters. The average Bonchev–Trinajstić information content (AvgIpc) is 2.60. The number of rotatable bonds is 3. The van der Waals surface area contributed by atoms with Crippen molar-refractivity contribution < 1.29 is 19.8 Å². The number of allylic oxidation sites excluding steroid dienone is 1. The molecule has 0 saturated carbocycles. The molecular weight excluding hydrogens is 334 g/mol. The first kappa shape index (κ1) is 17.3. The van der Waals surface area contributed by atoms with E-state index in [4.69, 9.17) is 0 Å². The Hall–Kier alpha value is -3.48. The number of phenolic OH excluding ortho intramolecular Hbond substituents is 2. The molecule has 2 aromatic carbocycles. The second-order valence-corrected chi connectivity index (χ2v) is 6.00. The van der Waals surface area contributed by atoms with Gasteiger partial charge in [0.05, 0.1) is 11.6 Å². The summed E-state index contributed by atoms with van der Waals surface area (Å²) in [5, 5.41) is 25.2. The Morgan fingerprint density at radius 3 is 2.50 bits per heavy atom. The van der Waals surface area contributed by atoms with Crippen LogP contribution in [0.3, 0.4) is 0 Å². The number of amides is 3. The number of hydrogen-bond donors (Lipinski definition) is 4. The molecule has 0 aromatic heterocycles. The summed E-state index contributed by atoms with van der Waals surface area (Å²) in [6.07, 6.45) is 0. The van der Waals surface area contributed by atoms with Gasteiger partial charge in [0.1, 0.15) is 11.5 Å². The molecule has 0 aliphatic carbocycles. The van der Waals surface area contributed by atoms with Gasteiger partial charge in [-0.3, -0.25) is 4.79 Å². The lowest BCUT2D eigenvalue weighted by atomic mass is 9.93. The van der Waals surface area contributed by atoms with Crippen molar-refractivity contribution >= 4 is 17.6 Å². The number of phenols is 2. The minimum atomic E-state index is -0.844. The predicted molar refractivity (Wildman–Crippen MR) is 96.6 cm³/mol. The zero-order valence-electron chi connectivity index (χ0n) is 14.4. The maximum atomic E-state index is 12.9. The molecule has 1 aliphatic heterocycles. The molecule has 1 heterocycles. The summed E-state index contributed by atoms with van der Waals surface area (Å²) in [5.74, 6) is -0.711. The number of nitrogens with one attached hydrogen (secondary N) is 2. The van der Waals surface area contributed by atoms with Crippen LogP contribution in [0.1, 0.15) is 18.5 Å². The summed E-state index contributed by atoms with van der Waals surface area (Å²) in [4.78, 5) is 26.5. The van der Waals surface area contributed by atoms with Crippen molar-refractivity contribution in [2.75, 3.05) is 12.4 Å². The number of carbonyl (C=O) groups is 2. The Morgan fingerprint density at radius 2 is 1.85 bits per heavy atom. The molecule has 0 radical (unpaired) electrons. The molecule has 7 heteroatoms. The number of hydrogen-bond acceptors (Lipinski definition) is 4. The Kier molecular flexibility index (Phi) is 4.53. The predicted octanol–water partition coefficient (Wildman–Crippen LogP) is 2.71. The first-order valence-electron chi connectivity index (χ1n) is 8.01. The van der Waals surface area contributed by atoms with E-state index >= 15 is 0 Å². The zero-order valence-corrected chi connectivity index (χ0v) is 14.4. The maximum absolute atomic E-state index is 12.9. The van der Waals surface area contributed by atoms with Crippen molar-refractivity contribution in [2.45, 2.75) is 13.0 Å². The first-order chi connectivity index (χ1) is 12.4. The highest BCUT2D eigenvalue weighted by atomic mass is 16.3. The van der Waals surface area contributed by atoms with Crippen molar-refractivity contribution in [3.63, 3.8) is 0 Å². The van der Waals surface area contributed by atoms with Crippen LogP contribution in [0.4, 0.5) is 10.5 Å². The molecule has 2 aromatic rings. The van der Waals surface area contributed by atoms with Gasteiger partial charge in [-0.2, -0.15) is 0 Å². The quantitative estimate of drug-likeness (QED) is 0.681. The molecule has 0 bridgehead atoms. The van der Waals surface area contributed by atoms with Gasteiger partial charge in [-0.1, -0.05) is 18.2 Å². The van der Waals surface area contributed by atoms with Crippen molar-refractivity contribution in [1.29, 1.82) is 0 Å². The van der Waals surface area contributed by atoms with Crippen LogP contribution in [0, 0.1) is 0 Å². The van der Waals surface area contributed by atoms with Crippen LogP contribution in [0.15, 0.2) is 59.8 Å². The van der Waals surface area contributed by atoms with Crippen LogP contribution in [0.25, 0.3) is 0 Å². The third-order valence-electron chi connectivity index (χ3n) is 4.36. The number of urea groups is 1. The minimum Gasteiger partial charge on any atom is -0.508 e. The standard InChI is InChI=1S/C19H19N3O4/c1-11-16(18(25)20-12-6-4-3-5-7-12)17(21-19(26)22(11)2)14-9-8-13(23)10-15(14)24/h3-10,17,23-24H,1-2H3,(H,20,25)(H,21,26). The van der Waals surface area contributed by atoms with E-state index in [1.165, 1.54) is 23.1 Å². The Labute approximate surface area is 150 Å². The largest absolute Gasteiger partial charge is 0.508 e. The summed E-state index contributed by atoms with van der Waals surface area (Å²) in [5.41, 5.74) is 1.71. The molecule has 7 nitrogen and oxygen atoms in total. The van der Waals surface area contributed by atoms with E-state index in [9.17, 15) is 19.8 Å². The van der Waals surface area contributed by atoms with Crippen molar-refractivity contribution in [3.05, 3.63) is 65.4 Å². The fourth-order valence-corrected chi connectivity index (χ4v) is 2.86. The molecule has 134 valence electrons. The lowest BCUT2D eigenvalue weighted by Gasteiger charge is -2.33. The normalized spacial score (nSPS) is 17.1. The molecular formula is C19H19N3O4. The van der Waals surface area contributed by atoms with Gasteiger partial charge in [0.25, 0.3) is 5.91 Å². The molecule has 26 heavy (non-hydrogen) atoms. The van der Waals surface area contributed by atoms with Crippen molar-refractivity contribution in [3.8, 4) is 11.5 Å². The highest BCUT2D eigenvalue weighted by Crippen LogP contribution is 2.36. The fraction of sp³-hybridized carbons (Fsp3) is 0.158. The summed E-state index contributed by atoms with van der Waals surface area (Å²) in [7, 11) is 1.56. The maximum Gasteiger partial charge on any atom is 0.322 e. The Morgan fingerprint density at radius 1 is 1.15 bits per heavy atom. The van der Waals surface area contributed by atoms with E-state index < -0.39 is 18.0 Å². The number of para-hydroxylation sites is 1. The van der Waals surface area contributed by atoms with Gasteiger partial charge in [-0.25, -0.2) is 4.79 Å². The monoisotopic (exact) mass is 353 g/mol. The average molecular weight is 353 g/mol. The van der Waals surface area contributed by atoms with E-state index in [-0.39, 0.29) is 11.5 Å². The van der Waals surface area contributed by atoms with E-state index in [0.29, 0.717) is 22.5 Å². The van der Waals surface area contributed by atoms with Crippen LogP contribution in [0.2, 0.25) is 0 Å². The summed E-state index contributed by atoms with van der Waals surface area (Å²) >= 11 is 0.